The summed E-state index contributed by atoms with van der Waals surface area (Å²) in [5.41, 5.74) is 4.04. The van der Waals surface area contributed by atoms with Crippen LogP contribution in [-0.2, 0) is 11.3 Å². The minimum absolute atomic E-state index is 0.120. The fourth-order valence-corrected chi connectivity index (χ4v) is 3.70. The Morgan fingerprint density at radius 1 is 0.833 bits per heavy atom. The molecule has 1 N–H and O–H groups in total. The molecule has 0 saturated heterocycles. The number of anilines is 1. The van der Waals surface area contributed by atoms with Crippen LogP contribution in [0.5, 0.6) is 0 Å². The minimum atomic E-state index is -1.25. The van der Waals surface area contributed by atoms with E-state index in [1.165, 1.54) is 24.3 Å². The molecule has 4 aromatic rings. The average Bonchev–Trinajstić information content (AvgIpc) is 2.91. The third-order valence-electron chi connectivity index (χ3n) is 5.75. The number of esters is 1. The van der Waals surface area contributed by atoms with E-state index >= 15 is 0 Å². The summed E-state index contributed by atoms with van der Waals surface area (Å²) in [7, 11) is 0. The van der Waals surface area contributed by atoms with Crippen LogP contribution in [0.1, 0.15) is 43.5 Å². The van der Waals surface area contributed by atoms with Crippen LogP contribution in [-0.4, -0.2) is 16.7 Å². The van der Waals surface area contributed by atoms with Gasteiger partial charge in [-0.25, -0.2) is 4.79 Å². The lowest BCUT2D eigenvalue weighted by atomic mass is 9.99. The lowest BCUT2D eigenvalue weighted by Crippen LogP contribution is -2.20. The van der Waals surface area contributed by atoms with Crippen molar-refractivity contribution in [3.8, 4) is 0 Å². The zero-order valence-electron chi connectivity index (χ0n) is 19.6. The number of carbonyl (C=O) groups is 2. The molecule has 1 atom stereocenters. The molecule has 7 heteroatoms. The number of hydrogen-bond donors (Lipinski definition) is 1. The first-order valence-corrected chi connectivity index (χ1v) is 11.4. The molecule has 0 radical (unpaired) electrons. The highest BCUT2D eigenvalue weighted by Gasteiger charge is 2.27. The number of Topliss-reactive ketones (excluding diaryl/α,β-unsaturated/α-hetero) is 1. The molecule has 0 spiro atoms. The van der Waals surface area contributed by atoms with E-state index in [-0.39, 0.29) is 5.69 Å². The van der Waals surface area contributed by atoms with Gasteiger partial charge in [-0.3, -0.25) is 14.9 Å². The summed E-state index contributed by atoms with van der Waals surface area (Å²) < 4.78 is 5.65. The molecule has 0 unspecified atom stereocenters. The first kappa shape index (κ1) is 24.3. The van der Waals surface area contributed by atoms with Gasteiger partial charge in [0.15, 0.2) is 6.10 Å². The molecule has 0 aliphatic rings. The molecule has 0 aliphatic carbocycles. The Kier molecular flexibility index (Phi) is 7.51. The number of nitrogens with zero attached hydrogens (tertiary/aromatic N) is 1. The maximum Gasteiger partial charge on any atom is 0.339 e. The van der Waals surface area contributed by atoms with Crippen molar-refractivity contribution < 1.29 is 19.2 Å². The second-order valence-corrected chi connectivity index (χ2v) is 8.23. The zero-order valence-corrected chi connectivity index (χ0v) is 19.6. The van der Waals surface area contributed by atoms with Crippen LogP contribution in [0.15, 0.2) is 103 Å². The molecule has 0 aromatic heterocycles. The van der Waals surface area contributed by atoms with Crippen molar-refractivity contribution in [3.05, 3.63) is 141 Å². The fraction of sp³-hybridized carbons (Fsp3) is 0.103. The van der Waals surface area contributed by atoms with Gasteiger partial charge < -0.3 is 10.1 Å². The Labute approximate surface area is 208 Å². The normalized spacial score (nSPS) is 11.4. The van der Waals surface area contributed by atoms with E-state index in [1.54, 1.807) is 42.5 Å². The van der Waals surface area contributed by atoms with Crippen LogP contribution < -0.4 is 5.32 Å². The van der Waals surface area contributed by atoms with Gasteiger partial charge in [-0.05, 0) is 48.4 Å². The van der Waals surface area contributed by atoms with Crippen molar-refractivity contribution in [1.29, 1.82) is 0 Å². The van der Waals surface area contributed by atoms with E-state index in [1.807, 2.05) is 43.3 Å². The minimum Gasteiger partial charge on any atom is -0.445 e. The molecular weight excluding hydrogens is 456 g/mol. The van der Waals surface area contributed by atoms with Gasteiger partial charge in [-0.1, -0.05) is 60.7 Å². The van der Waals surface area contributed by atoms with Gasteiger partial charge in [0.05, 0.1) is 10.5 Å². The summed E-state index contributed by atoms with van der Waals surface area (Å²) in [4.78, 5) is 36.7. The highest BCUT2D eigenvalue weighted by Crippen LogP contribution is 2.26. The average molecular weight is 481 g/mol. The number of nitro benzene ring substituents is 1. The van der Waals surface area contributed by atoms with Crippen molar-refractivity contribution in [2.24, 2.45) is 0 Å². The number of non-ortho nitro benzene ring substituents is 1. The van der Waals surface area contributed by atoms with Crippen molar-refractivity contribution >= 4 is 23.1 Å². The van der Waals surface area contributed by atoms with Gasteiger partial charge in [-0.2, -0.15) is 0 Å². The zero-order chi connectivity index (χ0) is 25.5. The molecule has 180 valence electrons. The number of aryl methyl sites for hydroxylation is 1. The van der Waals surface area contributed by atoms with E-state index in [0.717, 1.165) is 16.8 Å². The van der Waals surface area contributed by atoms with Gasteiger partial charge in [0, 0.05) is 35.5 Å². The predicted molar refractivity (Wildman–Crippen MR) is 137 cm³/mol. The van der Waals surface area contributed by atoms with E-state index < -0.39 is 22.8 Å². The highest BCUT2D eigenvalue weighted by atomic mass is 16.6. The van der Waals surface area contributed by atoms with Crippen LogP contribution in [0.25, 0.3) is 0 Å². The second-order valence-electron chi connectivity index (χ2n) is 8.23. The third kappa shape index (κ3) is 5.82. The summed E-state index contributed by atoms with van der Waals surface area (Å²) in [5.74, 6) is -1.09. The molecule has 36 heavy (non-hydrogen) atoms. The Morgan fingerprint density at radius 3 is 2.11 bits per heavy atom. The van der Waals surface area contributed by atoms with Crippen LogP contribution in [0, 0.1) is 17.0 Å². The number of carbonyl (C=O) groups excluding carboxylic acids is 2. The Morgan fingerprint density at radius 2 is 1.47 bits per heavy atom. The Bertz CT molecular complexity index is 1370. The standard InChI is InChI=1S/C29H24N2O5/c1-20-7-5-6-10-26(20)30-19-21-11-13-24(14-12-21)29(33)36-28(27(32)22-8-3-2-4-9-22)23-15-17-25(18-16-23)31(34)35/h2-18,28,30H,19H2,1H3/t28-/m1/s1. The molecule has 0 amide bonds. The number of ether oxygens (including phenoxy) is 1. The van der Waals surface area contributed by atoms with E-state index in [9.17, 15) is 19.7 Å². The van der Waals surface area contributed by atoms with Crippen molar-refractivity contribution in [1.82, 2.24) is 0 Å². The largest absolute Gasteiger partial charge is 0.445 e. The number of nitro groups is 1. The predicted octanol–water partition coefficient (Wildman–Crippen LogP) is 6.30. The first-order valence-electron chi connectivity index (χ1n) is 11.4. The number of benzene rings is 4. The highest BCUT2D eigenvalue weighted by molar-refractivity contribution is 6.02. The van der Waals surface area contributed by atoms with Crippen LogP contribution >= 0.6 is 0 Å². The van der Waals surface area contributed by atoms with E-state index in [0.29, 0.717) is 23.2 Å². The SMILES string of the molecule is Cc1ccccc1NCc1ccc(C(=O)O[C@@H](C(=O)c2ccccc2)c2ccc([N+](=O)[O-])cc2)cc1. The number of nitrogens with one attached hydrogen (secondary N) is 1. The Hall–Kier alpha value is -4.78. The summed E-state index contributed by atoms with van der Waals surface area (Å²) in [6, 6.07) is 28.8. The summed E-state index contributed by atoms with van der Waals surface area (Å²) in [6.45, 7) is 2.61. The molecule has 0 fully saturated rings. The van der Waals surface area contributed by atoms with Crippen molar-refractivity contribution in [2.75, 3.05) is 5.32 Å². The molecule has 7 nitrogen and oxygen atoms in total. The summed E-state index contributed by atoms with van der Waals surface area (Å²) in [6.07, 6.45) is -1.25. The lowest BCUT2D eigenvalue weighted by Gasteiger charge is -2.18. The molecule has 4 rings (SSSR count). The molecule has 4 aromatic carbocycles. The first-order chi connectivity index (χ1) is 17.4. The summed E-state index contributed by atoms with van der Waals surface area (Å²) in [5, 5.41) is 14.4. The molecule has 0 heterocycles. The van der Waals surface area contributed by atoms with Gasteiger partial charge in [-0.15, -0.1) is 0 Å². The van der Waals surface area contributed by atoms with Crippen molar-refractivity contribution in [2.45, 2.75) is 19.6 Å². The molecule has 0 bridgehead atoms. The van der Waals surface area contributed by atoms with Gasteiger partial charge >= 0.3 is 5.97 Å². The maximum atomic E-state index is 13.2. The van der Waals surface area contributed by atoms with Gasteiger partial charge in [0.1, 0.15) is 0 Å². The number of ketones is 1. The monoisotopic (exact) mass is 480 g/mol. The lowest BCUT2D eigenvalue weighted by molar-refractivity contribution is -0.384. The van der Waals surface area contributed by atoms with E-state index in [2.05, 4.69) is 5.32 Å². The number of rotatable bonds is 9. The maximum absolute atomic E-state index is 13.2. The summed E-state index contributed by atoms with van der Waals surface area (Å²) >= 11 is 0. The van der Waals surface area contributed by atoms with E-state index in [4.69, 9.17) is 4.74 Å². The topological polar surface area (TPSA) is 98.5 Å². The van der Waals surface area contributed by atoms with Crippen LogP contribution in [0.4, 0.5) is 11.4 Å². The smallest absolute Gasteiger partial charge is 0.339 e. The fourth-order valence-electron chi connectivity index (χ4n) is 3.70. The molecule has 0 saturated carbocycles. The Balaban J connectivity index is 1.51. The quantitative estimate of drug-likeness (QED) is 0.131. The van der Waals surface area contributed by atoms with Gasteiger partial charge in [0.2, 0.25) is 5.78 Å². The molecule has 0 aliphatic heterocycles. The second kappa shape index (κ2) is 11.1. The number of para-hydroxylation sites is 1. The molecular formula is C29H24N2O5. The third-order valence-corrected chi connectivity index (χ3v) is 5.75. The van der Waals surface area contributed by atoms with Crippen LogP contribution in [0.2, 0.25) is 0 Å². The van der Waals surface area contributed by atoms with Gasteiger partial charge in [0.25, 0.3) is 5.69 Å². The van der Waals surface area contributed by atoms with Crippen molar-refractivity contribution in [3.63, 3.8) is 0 Å². The van der Waals surface area contributed by atoms with Crippen LogP contribution in [0.3, 0.4) is 0 Å². The number of hydrogen-bond acceptors (Lipinski definition) is 6.